The maximum absolute atomic E-state index is 12.5. The van der Waals surface area contributed by atoms with Gasteiger partial charge < -0.3 is 15.4 Å². The van der Waals surface area contributed by atoms with E-state index >= 15 is 0 Å². The van der Waals surface area contributed by atoms with Gasteiger partial charge in [0.1, 0.15) is 12.1 Å². The van der Waals surface area contributed by atoms with Crippen molar-refractivity contribution < 1.29 is 19.1 Å². The van der Waals surface area contributed by atoms with Gasteiger partial charge in [0.15, 0.2) is 0 Å². The zero-order valence-corrected chi connectivity index (χ0v) is 15.0. The Morgan fingerprint density at radius 3 is 2.25 bits per heavy atom. The predicted octanol–water partition coefficient (Wildman–Crippen LogP) is 1.42. The lowest BCUT2D eigenvalue weighted by atomic mass is 10.0. The zero-order valence-electron chi connectivity index (χ0n) is 14.1. The van der Waals surface area contributed by atoms with Crippen LogP contribution in [0.5, 0.6) is 0 Å². The Bertz CT molecular complexity index is 563. The van der Waals surface area contributed by atoms with E-state index in [-0.39, 0.29) is 24.2 Å². The number of thiol groups is 1. The van der Waals surface area contributed by atoms with Gasteiger partial charge in [-0.05, 0) is 25.0 Å². The summed E-state index contributed by atoms with van der Waals surface area (Å²) < 4.78 is 4.90. The molecule has 24 heavy (non-hydrogen) atoms. The second-order valence-corrected chi connectivity index (χ2v) is 5.92. The van der Waals surface area contributed by atoms with Crippen LogP contribution >= 0.6 is 12.6 Å². The maximum Gasteiger partial charge on any atom is 0.329 e. The smallest absolute Gasteiger partial charge is 0.329 e. The van der Waals surface area contributed by atoms with Crippen molar-refractivity contribution in [3.63, 3.8) is 0 Å². The van der Waals surface area contributed by atoms with Crippen LogP contribution in [0.1, 0.15) is 31.1 Å². The molecule has 1 aromatic carbocycles. The van der Waals surface area contributed by atoms with Crippen molar-refractivity contribution in [2.45, 2.75) is 32.9 Å². The molecule has 0 aliphatic rings. The van der Waals surface area contributed by atoms with E-state index in [1.807, 2.05) is 13.8 Å². The van der Waals surface area contributed by atoms with E-state index in [1.165, 1.54) is 0 Å². The molecule has 0 aromatic heterocycles. The lowest BCUT2D eigenvalue weighted by Gasteiger charge is -2.24. The molecule has 0 radical (unpaired) electrons. The van der Waals surface area contributed by atoms with Crippen LogP contribution in [0, 0.1) is 5.92 Å². The largest absolute Gasteiger partial charge is 0.464 e. The van der Waals surface area contributed by atoms with Crippen LogP contribution in [0.3, 0.4) is 0 Å². The third-order valence-corrected chi connectivity index (χ3v) is 3.71. The van der Waals surface area contributed by atoms with E-state index in [2.05, 4.69) is 23.3 Å². The van der Waals surface area contributed by atoms with Gasteiger partial charge in [-0.2, -0.15) is 12.6 Å². The quantitative estimate of drug-likeness (QED) is 0.488. The fourth-order valence-electron chi connectivity index (χ4n) is 2.03. The van der Waals surface area contributed by atoms with Crippen LogP contribution in [0.4, 0.5) is 0 Å². The number of hydrogen-bond acceptors (Lipinski definition) is 5. The highest BCUT2D eigenvalue weighted by atomic mass is 32.1. The Labute approximate surface area is 147 Å². The van der Waals surface area contributed by atoms with E-state index in [0.717, 1.165) is 0 Å². The van der Waals surface area contributed by atoms with E-state index in [0.29, 0.717) is 5.56 Å². The first-order chi connectivity index (χ1) is 11.4. The second kappa shape index (κ2) is 9.97. The Balaban J connectivity index is 2.78. The lowest BCUT2D eigenvalue weighted by molar-refractivity contribution is -0.147. The molecule has 0 saturated carbocycles. The first-order valence-corrected chi connectivity index (χ1v) is 8.47. The number of ether oxygens (including phenoxy) is 1. The normalized spacial score (nSPS) is 13.0. The fraction of sp³-hybridized carbons (Fsp3) is 0.471. The number of amides is 2. The molecule has 1 rings (SSSR count). The van der Waals surface area contributed by atoms with Gasteiger partial charge in [0.05, 0.1) is 6.61 Å². The van der Waals surface area contributed by atoms with Crippen molar-refractivity contribution in [2.24, 2.45) is 5.92 Å². The number of nitrogens with one attached hydrogen (secondary N) is 2. The topological polar surface area (TPSA) is 84.5 Å². The summed E-state index contributed by atoms with van der Waals surface area (Å²) in [7, 11) is 0. The van der Waals surface area contributed by atoms with E-state index in [4.69, 9.17) is 4.74 Å². The Hall–Kier alpha value is -2.02. The molecule has 0 spiro atoms. The summed E-state index contributed by atoms with van der Waals surface area (Å²) in [6.07, 6.45) is 0. The monoisotopic (exact) mass is 352 g/mol. The Morgan fingerprint density at radius 2 is 1.75 bits per heavy atom. The summed E-state index contributed by atoms with van der Waals surface area (Å²) in [5.41, 5.74) is 0.465. The summed E-state index contributed by atoms with van der Waals surface area (Å²) >= 11 is 4.07. The molecular formula is C17H24N2O4S. The summed E-state index contributed by atoms with van der Waals surface area (Å²) in [6.45, 7) is 5.54. The molecular weight excluding hydrogens is 328 g/mol. The third-order valence-electron chi connectivity index (χ3n) is 3.34. The molecule has 0 aliphatic carbocycles. The molecule has 2 atom stereocenters. The molecule has 2 amide bonds. The number of benzene rings is 1. The zero-order chi connectivity index (χ0) is 18.1. The van der Waals surface area contributed by atoms with Crippen molar-refractivity contribution in [3.05, 3.63) is 35.9 Å². The third kappa shape index (κ3) is 5.88. The number of carbonyl (C=O) groups excluding carboxylic acids is 3. The first kappa shape index (κ1) is 20.0. The number of rotatable bonds is 8. The van der Waals surface area contributed by atoms with Crippen LogP contribution < -0.4 is 10.6 Å². The van der Waals surface area contributed by atoms with Crippen LogP contribution in [0.2, 0.25) is 0 Å². The van der Waals surface area contributed by atoms with Gasteiger partial charge in [0.2, 0.25) is 5.91 Å². The lowest BCUT2D eigenvalue weighted by Crippen LogP contribution is -2.54. The molecule has 0 aliphatic heterocycles. The molecule has 132 valence electrons. The van der Waals surface area contributed by atoms with Crippen LogP contribution in [0.15, 0.2) is 30.3 Å². The molecule has 0 heterocycles. The van der Waals surface area contributed by atoms with Gasteiger partial charge in [-0.3, -0.25) is 9.59 Å². The molecule has 7 heteroatoms. The van der Waals surface area contributed by atoms with E-state index < -0.39 is 24.0 Å². The van der Waals surface area contributed by atoms with Crippen LogP contribution in [-0.4, -0.2) is 42.2 Å². The molecule has 0 fully saturated rings. The first-order valence-electron chi connectivity index (χ1n) is 7.84. The minimum Gasteiger partial charge on any atom is -0.464 e. The van der Waals surface area contributed by atoms with Gasteiger partial charge in [-0.1, -0.05) is 32.0 Å². The minimum absolute atomic E-state index is 0.113. The van der Waals surface area contributed by atoms with Crippen LogP contribution in [0.25, 0.3) is 0 Å². The van der Waals surface area contributed by atoms with E-state index in [9.17, 15) is 14.4 Å². The Kier molecular flexibility index (Phi) is 8.32. The highest BCUT2D eigenvalue weighted by Crippen LogP contribution is 2.06. The van der Waals surface area contributed by atoms with Crippen molar-refractivity contribution >= 4 is 30.4 Å². The second-order valence-electron chi connectivity index (χ2n) is 5.56. The highest BCUT2D eigenvalue weighted by Gasteiger charge is 2.28. The molecule has 0 bridgehead atoms. The molecule has 0 saturated heterocycles. The van der Waals surface area contributed by atoms with Gasteiger partial charge >= 0.3 is 5.97 Å². The van der Waals surface area contributed by atoms with Crippen molar-refractivity contribution in [2.75, 3.05) is 12.4 Å². The van der Waals surface area contributed by atoms with Crippen molar-refractivity contribution in [3.8, 4) is 0 Å². The molecule has 2 N–H and O–H groups in total. The summed E-state index contributed by atoms with van der Waals surface area (Å²) in [6, 6.07) is 7.01. The summed E-state index contributed by atoms with van der Waals surface area (Å²) in [5, 5.41) is 5.29. The van der Waals surface area contributed by atoms with Gasteiger partial charge in [0.25, 0.3) is 5.91 Å². The Morgan fingerprint density at radius 1 is 1.12 bits per heavy atom. The fourth-order valence-corrected chi connectivity index (χ4v) is 2.27. The van der Waals surface area contributed by atoms with Crippen LogP contribution in [-0.2, 0) is 14.3 Å². The molecule has 6 nitrogen and oxygen atoms in total. The van der Waals surface area contributed by atoms with E-state index in [1.54, 1.807) is 37.3 Å². The average Bonchev–Trinajstić information content (AvgIpc) is 2.57. The average molecular weight is 352 g/mol. The van der Waals surface area contributed by atoms with Gasteiger partial charge in [-0.25, -0.2) is 4.79 Å². The van der Waals surface area contributed by atoms with Gasteiger partial charge in [0, 0.05) is 11.3 Å². The van der Waals surface area contributed by atoms with Gasteiger partial charge in [-0.15, -0.1) is 0 Å². The molecule has 1 aromatic rings. The number of esters is 1. The standard InChI is InChI=1S/C17H24N2O4S/c1-4-23-17(22)13(10-24)18-16(21)14(11(2)3)19-15(20)12-8-6-5-7-9-12/h5-9,11,13-14,24H,4,10H2,1-3H3,(H,18,21)(H,19,20)/t13-,14-/m0/s1. The molecule has 0 unspecified atom stereocenters. The number of hydrogen-bond donors (Lipinski definition) is 3. The maximum atomic E-state index is 12.5. The highest BCUT2D eigenvalue weighted by molar-refractivity contribution is 7.80. The number of carbonyl (C=O) groups is 3. The predicted molar refractivity (Wildman–Crippen MR) is 95.0 cm³/mol. The minimum atomic E-state index is -0.851. The van der Waals surface area contributed by atoms with Crippen molar-refractivity contribution in [1.82, 2.24) is 10.6 Å². The summed E-state index contributed by atoms with van der Waals surface area (Å²) in [5.74, 6) is -1.37. The van der Waals surface area contributed by atoms with Crippen molar-refractivity contribution in [1.29, 1.82) is 0 Å². The summed E-state index contributed by atoms with van der Waals surface area (Å²) in [4.78, 5) is 36.5. The SMILES string of the molecule is CCOC(=O)[C@H](CS)NC(=O)[C@@H](NC(=O)c1ccccc1)C(C)C.